The van der Waals surface area contributed by atoms with Gasteiger partial charge in [0, 0.05) is 6.54 Å². The monoisotopic (exact) mass is 289 g/mol. The van der Waals surface area contributed by atoms with Crippen LogP contribution in [-0.2, 0) is 4.74 Å². The predicted molar refractivity (Wildman–Crippen MR) is 82.0 cm³/mol. The summed E-state index contributed by atoms with van der Waals surface area (Å²) in [6.07, 6.45) is 7.04. The van der Waals surface area contributed by atoms with Crippen molar-refractivity contribution < 1.29 is 9.53 Å². The second-order valence-corrected chi connectivity index (χ2v) is 6.19. The first kappa shape index (κ1) is 14.2. The van der Waals surface area contributed by atoms with Crippen LogP contribution in [0.5, 0.6) is 0 Å². The number of anilines is 2. The highest BCUT2D eigenvalue weighted by Gasteiger charge is 2.39. The normalized spacial score (nSPS) is 26.8. The van der Waals surface area contributed by atoms with Gasteiger partial charge in [-0.25, -0.2) is 9.78 Å². The number of nitrogens with zero attached hydrogens (tertiary/aromatic N) is 1. The molecule has 2 saturated carbocycles. The first-order valence-electron chi connectivity index (χ1n) is 7.84. The molecule has 3 rings (SSSR count). The molecule has 2 bridgehead atoms. The second kappa shape index (κ2) is 5.92. The van der Waals surface area contributed by atoms with Crippen LogP contribution >= 0.6 is 0 Å². The number of nitrogen functional groups attached to an aromatic ring is 1. The third-order valence-electron chi connectivity index (χ3n) is 4.86. The van der Waals surface area contributed by atoms with Crippen LogP contribution in [0, 0.1) is 17.8 Å². The fraction of sp³-hybridized carbons (Fsp3) is 0.625. The molecule has 21 heavy (non-hydrogen) atoms. The van der Waals surface area contributed by atoms with E-state index in [0.29, 0.717) is 23.7 Å². The van der Waals surface area contributed by atoms with E-state index in [0.717, 1.165) is 24.3 Å². The highest BCUT2D eigenvalue weighted by Crippen LogP contribution is 2.48. The molecule has 2 aliphatic carbocycles. The van der Waals surface area contributed by atoms with Crippen molar-refractivity contribution in [1.82, 2.24) is 4.98 Å². The third-order valence-corrected chi connectivity index (χ3v) is 4.86. The lowest BCUT2D eigenvalue weighted by Crippen LogP contribution is -2.21. The molecule has 1 heterocycles. The van der Waals surface area contributed by atoms with E-state index < -0.39 is 0 Å². The Morgan fingerprint density at radius 1 is 1.48 bits per heavy atom. The Morgan fingerprint density at radius 2 is 2.33 bits per heavy atom. The van der Waals surface area contributed by atoms with Gasteiger partial charge in [0.05, 0.1) is 24.1 Å². The van der Waals surface area contributed by atoms with Crippen molar-refractivity contribution in [1.29, 1.82) is 0 Å². The molecule has 114 valence electrons. The molecule has 2 fully saturated rings. The standard InChI is InChI=1S/C16H23N3O2/c1-2-21-16(20)13-7-15(19-9-14(13)17)18-8-12-6-10-3-4-11(12)5-10/h7,9-12H,2-6,8,17H2,1H3,(H,18,19). The number of hydrogen-bond donors (Lipinski definition) is 2. The third kappa shape index (κ3) is 2.96. The number of pyridine rings is 1. The highest BCUT2D eigenvalue weighted by atomic mass is 16.5. The average Bonchev–Trinajstić information content (AvgIpc) is 3.09. The van der Waals surface area contributed by atoms with Crippen LogP contribution in [0.15, 0.2) is 12.3 Å². The van der Waals surface area contributed by atoms with Crippen LogP contribution in [-0.4, -0.2) is 24.1 Å². The first-order chi connectivity index (χ1) is 10.2. The molecular formula is C16H23N3O2. The van der Waals surface area contributed by atoms with Crippen LogP contribution in [0.3, 0.4) is 0 Å². The molecule has 0 saturated heterocycles. The van der Waals surface area contributed by atoms with Crippen molar-refractivity contribution in [2.75, 3.05) is 24.2 Å². The Hall–Kier alpha value is -1.78. The zero-order valence-electron chi connectivity index (χ0n) is 12.5. The van der Waals surface area contributed by atoms with Gasteiger partial charge in [0.25, 0.3) is 0 Å². The number of ether oxygens (including phenoxy) is 1. The molecule has 2 aliphatic rings. The van der Waals surface area contributed by atoms with E-state index in [2.05, 4.69) is 10.3 Å². The molecule has 0 amide bonds. The molecule has 0 spiro atoms. The van der Waals surface area contributed by atoms with E-state index in [9.17, 15) is 4.79 Å². The van der Waals surface area contributed by atoms with Gasteiger partial charge in [-0.3, -0.25) is 0 Å². The Balaban J connectivity index is 1.63. The maximum absolute atomic E-state index is 11.8. The van der Waals surface area contributed by atoms with Gasteiger partial charge in [0.2, 0.25) is 0 Å². The summed E-state index contributed by atoms with van der Waals surface area (Å²) in [5.41, 5.74) is 6.55. The van der Waals surface area contributed by atoms with Gasteiger partial charge in [0.15, 0.2) is 0 Å². The topological polar surface area (TPSA) is 77.2 Å². The van der Waals surface area contributed by atoms with Gasteiger partial charge >= 0.3 is 5.97 Å². The quantitative estimate of drug-likeness (QED) is 0.815. The minimum absolute atomic E-state index is 0.342. The molecule has 3 atom stereocenters. The van der Waals surface area contributed by atoms with Gasteiger partial charge < -0.3 is 15.8 Å². The molecule has 3 unspecified atom stereocenters. The lowest BCUT2D eigenvalue weighted by Gasteiger charge is -2.22. The van der Waals surface area contributed by atoms with Gasteiger partial charge in [-0.05, 0) is 50.0 Å². The number of carbonyl (C=O) groups is 1. The van der Waals surface area contributed by atoms with Crippen LogP contribution in [0.4, 0.5) is 11.5 Å². The van der Waals surface area contributed by atoms with Gasteiger partial charge in [-0.1, -0.05) is 6.42 Å². The molecule has 1 aromatic heterocycles. The van der Waals surface area contributed by atoms with E-state index in [1.807, 2.05) is 0 Å². The fourth-order valence-corrected chi connectivity index (χ4v) is 3.81. The van der Waals surface area contributed by atoms with E-state index in [1.54, 1.807) is 13.0 Å². The largest absolute Gasteiger partial charge is 0.462 e. The summed E-state index contributed by atoms with van der Waals surface area (Å²) in [5, 5.41) is 3.36. The highest BCUT2D eigenvalue weighted by molar-refractivity contribution is 5.95. The van der Waals surface area contributed by atoms with Crippen LogP contribution in [0.25, 0.3) is 0 Å². The van der Waals surface area contributed by atoms with E-state index >= 15 is 0 Å². The number of carbonyl (C=O) groups excluding carboxylic acids is 1. The summed E-state index contributed by atoms with van der Waals surface area (Å²) in [5.74, 6) is 2.88. The Labute approximate surface area is 125 Å². The second-order valence-electron chi connectivity index (χ2n) is 6.19. The van der Waals surface area contributed by atoms with Gasteiger partial charge in [-0.2, -0.15) is 0 Å². The van der Waals surface area contributed by atoms with E-state index in [4.69, 9.17) is 10.5 Å². The molecule has 5 nitrogen and oxygen atoms in total. The molecule has 5 heteroatoms. The summed E-state index contributed by atoms with van der Waals surface area (Å²) in [6, 6.07) is 1.69. The van der Waals surface area contributed by atoms with Gasteiger partial charge in [-0.15, -0.1) is 0 Å². The average molecular weight is 289 g/mol. The number of nitrogens with one attached hydrogen (secondary N) is 1. The smallest absolute Gasteiger partial charge is 0.340 e. The number of hydrogen-bond acceptors (Lipinski definition) is 5. The zero-order chi connectivity index (χ0) is 14.8. The van der Waals surface area contributed by atoms with E-state index in [1.165, 1.54) is 31.9 Å². The van der Waals surface area contributed by atoms with Crippen LogP contribution < -0.4 is 11.1 Å². The fourth-order valence-electron chi connectivity index (χ4n) is 3.81. The number of esters is 1. The van der Waals surface area contributed by atoms with Crippen LogP contribution in [0.1, 0.15) is 43.0 Å². The van der Waals surface area contributed by atoms with Crippen molar-refractivity contribution >= 4 is 17.5 Å². The van der Waals surface area contributed by atoms with Gasteiger partial charge in [0.1, 0.15) is 5.82 Å². The summed E-state index contributed by atoms with van der Waals surface area (Å²) in [4.78, 5) is 16.1. The number of fused-ring (bicyclic) bond motifs is 2. The lowest BCUT2D eigenvalue weighted by atomic mass is 9.89. The zero-order valence-corrected chi connectivity index (χ0v) is 12.5. The maximum atomic E-state index is 11.8. The van der Waals surface area contributed by atoms with E-state index in [-0.39, 0.29) is 5.97 Å². The number of nitrogens with two attached hydrogens (primary N) is 1. The Bertz CT molecular complexity index is 532. The van der Waals surface area contributed by atoms with Crippen molar-refractivity contribution in [2.24, 2.45) is 17.8 Å². The molecule has 0 aliphatic heterocycles. The Kier molecular flexibility index (Phi) is 3.99. The predicted octanol–water partition coefficient (Wildman–Crippen LogP) is 2.69. The SMILES string of the molecule is CCOC(=O)c1cc(NCC2CC3CCC2C3)ncc1N. The Morgan fingerprint density at radius 3 is 3.00 bits per heavy atom. The first-order valence-corrected chi connectivity index (χ1v) is 7.84. The maximum Gasteiger partial charge on any atom is 0.340 e. The van der Waals surface area contributed by atoms with Crippen molar-refractivity contribution in [3.05, 3.63) is 17.8 Å². The molecule has 1 aromatic rings. The van der Waals surface area contributed by atoms with Crippen molar-refractivity contribution in [3.8, 4) is 0 Å². The molecule has 0 radical (unpaired) electrons. The number of rotatable bonds is 5. The summed E-state index contributed by atoms with van der Waals surface area (Å²) >= 11 is 0. The summed E-state index contributed by atoms with van der Waals surface area (Å²) in [6.45, 7) is 3.05. The molecular weight excluding hydrogens is 266 g/mol. The van der Waals surface area contributed by atoms with Crippen molar-refractivity contribution in [3.63, 3.8) is 0 Å². The molecule has 0 aromatic carbocycles. The summed E-state index contributed by atoms with van der Waals surface area (Å²) in [7, 11) is 0. The molecule has 3 N–H and O–H groups in total. The minimum Gasteiger partial charge on any atom is -0.462 e. The van der Waals surface area contributed by atoms with Crippen molar-refractivity contribution in [2.45, 2.75) is 32.6 Å². The number of aromatic nitrogens is 1. The van der Waals surface area contributed by atoms with Crippen LogP contribution in [0.2, 0.25) is 0 Å². The lowest BCUT2D eigenvalue weighted by molar-refractivity contribution is 0.0527. The minimum atomic E-state index is -0.389. The summed E-state index contributed by atoms with van der Waals surface area (Å²) < 4.78 is 5.01.